The van der Waals surface area contributed by atoms with Gasteiger partial charge >= 0.3 is 6.09 Å². The molecule has 0 aliphatic heterocycles. The Morgan fingerprint density at radius 3 is 1.67 bits per heavy atom. The van der Waals surface area contributed by atoms with Crippen molar-refractivity contribution in [2.24, 2.45) is 5.73 Å². The molecule has 0 saturated heterocycles. The van der Waals surface area contributed by atoms with E-state index in [2.05, 4.69) is 5.73 Å². The third-order valence-electron chi connectivity index (χ3n) is 0. The molecule has 1 amide bonds. The maximum atomic E-state index is 8.78. The minimum absolute atomic E-state index is 0. The van der Waals surface area contributed by atoms with Crippen molar-refractivity contribution >= 4 is 6.09 Å². The van der Waals surface area contributed by atoms with Crippen molar-refractivity contribution in [2.75, 3.05) is 0 Å². The zero-order valence-corrected chi connectivity index (χ0v) is 4.42. The zero-order chi connectivity index (χ0) is 3.58. The number of primary amides is 1. The number of nitrogens with two attached hydrogens (primary N) is 1. The average molecular weight is 186 g/mol. The molecule has 0 aliphatic carbocycles. The van der Waals surface area contributed by atoms with Crippen LogP contribution in [0.3, 0.4) is 0 Å². The number of hydrogen-bond donors (Lipinski definition) is 3. The van der Waals surface area contributed by atoms with Crippen LogP contribution < -0.4 is 11.9 Å². The molecule has 43 valence electrons. The molecule has 0 saturated carbocycles. The summed E-state index contributed by atoms with van der Waals surface area (Å²) in [4.78, 5) is 8.78. The number of carbonyl (C=O) groups is 1. The largest absolute Gasteiger partial charge is 0.465 e. The minimum atomic E-state index is -1.33. The van der Waals surface area contributed by atoms with Gasteiger partial charge < -0.3 is 17.0 Å². The first-order valence-corrected chi connectivity index (χ1v) is 0.716. The van der Waals surface area contributed by atoms with Crippen molar-refractivity contribution in [3.8, 4) is 0 Å². The maximum Gasteiger partial charge on any atom is 0.402 e. The smallest absolute Gasteiger partial charge is 0.402 e. The summed E-state index contributed by atoms with van der Waals surface area (Å²) in [7, 11) is 0. The number of amides is 1. The first-order valence-electron chi connectivity index (χ1n) is 0.716. The van der Waals surface area contributed by atoms with Gasteiger partial charge in [-0.2, -0.15) is 0 Å². The SMILES string of the molecule is N.NC(=O)O.[Ag]. The third kappa shape index (κ3) is 39600. The molecule has 0 aromatic rings. The summed E-state index contributed by atoms with van der Waals surface area (Å²) in [5, 5.41) is 7.19. The van der Waals surface area contributed by atoms with Crippen molar-refractivity contribution in [2.45, 2.75) is 0 Å². The summed E-state index contributed by atoms with van der Waals surface area (Å²) in [6.45, 7) is 0. The molecule has 0 atom stereocenters. The average Bonchev–Trinajstić information content (AvgIpc) is 0.811. The summed E-state index contributed by atoms with van der Waals surface area (Å²) < 4.78 is 0. The zero-order valence-electron chi connectivity index (χ0n) is 2.94. The standard InChI is InChI=1S/CH3NO2.Ag.H3N/c2-1(3)4;;/h2H2,(H,3,4);;1H3. The van der Waals surface area contributed by atoms with Crippen LogP contribution in [-0.4, -0.2) is 11.2 Å². The molecule has 6 N–H and O–H groups in total. The van der Waals surface area contributed by atoms with Crippen molar-refractivity contribution in [1.29, 1.82) is 0 Å². The predicted molar refractivity (Wildman–Crippen MR) is 17.2 cm³/mol. The van der Waals surface area contributed by atoms with Gasteiger partial charge in [0, 0.05) is 22.4 Å². The van der Waals surface area contributed by atoms with Gasteiger partial charge in [-0.1, -0.05) is 0 Å². The van der Waals surface area contributed by atoms with E-state index in [1.807, 2.05) is 0 Å². The molecule has 0 aromatic carbocycles. The Hall–Kier alpha value is -0.0297. The van der Waals surface area contributed by atoms with Gasteiger partial charge in [-0.25, -0.2) is 4.79 Å². The summed E-state index contributed by atoms with van der Waals surface area (Å²) in [6, 6.07) is 0. The Kier molecular flexibility index (Phi) is 24.7. The van der Waals surface area contributed by atoms with Crippen LogP contribution in [-0.2, 0) is 22.4 Å². The summed E-state index contributed by atoms with van der Waals surface area (Å²) in [5.41, 5.74) is 4.03. The van der Waals surface area contributed by atoms with Gasteiger partial charge in [0.05, 0.1) is 0 Å². The van der Waals surface area contributed by atoms with Crippen molar-refractivity contribution in [1.82, 2.24) is 6.15 Å². The van der Waals surface area contributed by atoms with Crippen LogP contribution >= 0.6 is 0 Å². The second-order valence-corrected chi connectivity index (χ2v) is 0.338. The summed E-state index contributed by atoms with van der Waals surface area (Å²) in [6.07, 6.45) is -1.33. The van der Waals surface area contributed by atoms with E-state index in [9.17, 15) is 0 Å². The predicted octanol–water partition coefficient (Wildman–Crippen LogP) is -0.217. The van der Waals surface area contributed by atoms with Crippen molar-refractivity contribution in [3.63, 3.8) is 0 Å². The van der Waals surface area contributed by atoms with Crippen molar-refractivity contribution in [3.05, 3.63) is 0 Å². The second kappa shape index (κ2) is 8.88. The normalized spacial score (nSPS) is 4.00. The van der Waals surface area contributed by atoms with Crippen LogP contribution in [0.1, 0.15) is 0 Å². The molecule has 0 spiro atoms. The van der Waals surface area contributed by atoms with E-state index >= 15 is 0 Å². The van der Waals surface area contributed by atoms with Gasteiger partial charge in [0.15, 0.2) is 0 Å². The molecule has 0 aromatic heterocycles. The number of rotatable bonds is 0. The molecule has 0 aliphatic rings. The molecule has 6 heavy (non-hydrogen) atoms. The number of hydrogen-bond acceptors (Lipinski definition) is 2. The molecule has 0 heterocycles. The minimum Gasteiger partial charge on any atom is -0.465 e. The molecule has 0 bridgehead atoms. The topological polar surface area (TPSA) is 98.3 Å². The molecular formula is CH6AgN2O2. The Morgan fingerprint density at radius 1 is 1.67 bits per heavy atom. The molecule has 5 heteroatoms. The maximum absolute atomic E-state index is 8.78. The van der Waals surface area contributed by atoms with Crippen LogP contribution in [0.4, 0.5) is 4.79 Å². The van der Waals surface area contributed by atoms with E-state index in [0.29, 0.717) is 0 Å². The fourth-order valence-electron chi connectivity index (χ4n) is 0. The van der Waals surface area contributed by atoms with E-state index in [-0.39, 0.29) is 28.5 Å². The molecule has 1 radical (unpaired) electrons. The Labute approximate surface area is 50.8 Å². The Morgan fingerprint density at radius 2 is 1.67 bits per heavy atom. The molecular weight excluding hydrogens is 180 g/mol. The molecule has 0 fully saturated rings. The van der Waals surface area contributed by atoms with E-state index < -0.39 is 6.09 Å². The van der Waals surface area contributed by atoms with E-state index in [1.54, 1.807) is 0 Å². The van der Waals surface area contributed by atoms with Crippen molar-refractivity contribution < 1.29 is 32.3 Å². The van der Waals surface area contributed by atoms with Gasteiger partial charge in [-0.15, -0.1) is 0 Å². The first kappa shape index (κ1) is 16.7. The van der Waals surface area contributed by atoms with Gasteiger partial charge in [-0.3, -0.25) is 0 Å². The van der Waals surface area contributed by atoms with Crippen LogP contribution in [0.5, 0.6) is 0 Å². The van der Waals surface area contributed by atoms with Gasteiger partial charge in [-0.05, 0) is 0 Å². The van der Waals surface area contributed by atoms with Crippen LogP contribution in [0.2, 0.25) is 0 Å². The van der Waals surface area contributed by atoms with Gasteiger partial charge in [0.2, 0.25) is 0 Å². The van der Waals surface area contributed by atoms with Crippen LogP contribution in [0.15, 0.2) is 0 Å². The second-order valence-electron chi connectivity index (χ2n) is 0.338. The van der Waals surface area contributed by atoms with Gasteiger partial charge in [0.25, 0.3) is 0 Å². The fourth-order valence-corrected chi connectivity index (χ4v) is 0. The monoisotopic (exact) mass is 185 g/mol. The molecule has 0 unspecified atom stereocenters. The summed E-state index contributed by atoms with van der Waals surface area (Å²) >= 11 is 0. The fraction of sp³-hybridized carbons (Fsp3) is 0. The molecule has 0 rings (SSSR count). The Bertz CT molecular complexity index is 34.5. The van der Waals surface area contributed by atoms with E-state index in [1.165, 1.54) is 0 Å². The van der Waals surface area contributed by atoms with Crippen LogP contribution in [0, 0.1) is 0 Å². The van der Waals surface area contributed by atoms with Crippen LogP contribution in [0.25, 0.3) is 0 Å². The number of carboxylic acid groups (broad SMARTS) is 1. The van der Waals surface area contributed by atoms with E-state index in [4.69, 9.17) is 9.90 Å². The quantitative estimate of drug-likeness (QED) is 0.456. The summed E-state index contributed by atoms with van der Waals surface area (Å²) in [5.74, 6) is 0. The molecule has 4 nitrogen and oxygen atoms in total. The first-order chi connectivity index (χ1) is 1.73. The third-order valence-corrected chi connectivity index (χ3v) is 0. The van der Waals surface area contributed by atoms with Gasteiger partial charge in [0.1, 0.15) is 0 Å². The van der Waals surface area contributed by atoms with E-state index in [0.717, 1.165) is 0 Å². The Balaban J connectivity index is -0.0000000450.